The zero-order valence-electron chi connectivity index (χ0n) is 17.9. The SMILES string of the molecule is COc1cc(Nc2ncc3c(C)nc(-c4ccc(C(=O)O)cc4)n3n2)cc(OC)c1OC. The van der Waals surface area contributed by atoms with Crippen molar-refractivity contribution in [3.8, 4) is 28.6 Å². The van der Waals surface area contributed by atoms with Crippen LogP contribution in [0.3, 0.4) is 0 Å². The zero-order chi connectivity index (χ0) is 22.8. The first-order valence-electron chi connectivity index (χ1n) is 9.58. The highest BCUT2D eigenvalue weighted by atomic mass is 16.5. The lowest BCUT2D eigenvalue weighted by molar-refractivity contribution is 0.0697. The Labute approximate surface area is 183 Å². The highest BCUT2D eigenvalue weighted by molar-refractivity contribution is 5.88. The van der Waals surface area contributed by atoms with E-state index in [0.29, 0.717) is 34.7 Å². The van der Waals surface area contributed by atoms with E-state index in [0.717, 1.165) is 16.8 Å². The molecule has 0 atom stereocenters. The molecule has 0 bridgehead atoms. The fourth-order valence-electron chi connectivity index (χ4n) is 3.31. The van der Waals surface area contributed by atoms with Crippen LogP contribution in [0.5, 0.6) is 17.2 Å². The maximum absolute atomic E-state index is 11.1. The predicted molar refractivity (Wildman–Crippen MR) is 117 cm³/mol. The van der Waals surface area contributed by atoms with Gasteiger partial charge < -0.3 is 24.6 Å². The van der Waals surface area contributed by atoms with E-state index in [1.54, 1.807) is 49.2 Å². The van der Waals surface area contributed by atoms with Gasteiger partial charge in [-0.15, -0.1) is 5.10 Å². The van der Waals surface area contributed by atoms with Gasteiger partial charge in [-0.2, -0.15) is 0 Å². The number of aromatic nitrogens is 4. The fourth-order valence-corrected chi connectivity index (χ4v) is 3.31. The van der Waals surface area contributed by atoms with E-state index in [9.17, 15) is 4.79 Å². The van der Waals surface area contributed by atoms with Crippen molar-refractivity contribution >= 4 is 23.1 Å². The molecule has 0 fully saturated rings. The Morgan fingerprint density at radius 2 is 1.69 bits per heavy atom. The molecule has 4 aromatic rings. The minimum atomic E-state index is -0.986. The van der Waals surface area contributed by atoms with Gasteiger partial charge in [0.2, 0.25) is 11.7 Å². The van der Waals surface area contributed by atoms with Crippen LogP contribution in [0.4, 0.5) is 11.6 Å². The second-order valence-electron chi connectivity index (χ2n) is 6.82. The number of imidazole rings is 1. The van der Waals surface area contributed by atoms with Crippen molar-refractivity contribution in [3.63, 3.8) is 0 Å². The molecule has 0 spiro atoms. The maximum Gasteiger partial charge on any atom is 0.335 e. The molecular weight excluding hydrogens is 414 g/mol. The number of methoxy groups -OCH3 is 3. The third kappa shape index (κ3) is 3.73. The summed E-state index contributed by atoms with van der Waals surface area (Å²) in [5.41, 5.74) is 3.06. The Morgan fingerprint density at radius 3 is 2.25 bits per heavy atom. The second kappa shape index (κ2) is 8.42. The predicted octanol–water partition coefficient (Wildman–Crippen LogP) is 3.57. The van der Waals surface area contributed by atoms with E-state index >= 15 is 0 Å². The minimum Gasteiger partial charge on any atom is -0.493 e. The lowest BCUT2D eigenvalue weighted by atomic mass is 10.1. The highest BCUT2D eigenvalue weighted by Crippen LogP contribution is 2.40. The van der Waals surface area contributed by atoms with Crippen LogP contribution in [-0.2, 0) is 0 Å². The van der Waals surface area contributed by atoms with Crippen molar-refractivity contribution in [1.29, 1.82) is 0 Å². The van der Waals surface area contributed by atoms with Gasteiger partial charge >= 0.3 is 5.97 Å². The van der Waals surface area contributed by atoms with Gasteiger partial charge in [0.1, 0.15) is 5.52 Å². The molecular formula is C22H21N5O5. The van der Waals surface area contributed by atoms with Crippen LogP contribution in [0.25, 0.3) is 16.9 Å². The molecule has 0 amide bonds. The molecule has 32 heavy (non-hydrogen) atoms. The summed E-state index contributed by atoms with van der Waals surface area (Å²) in [5.74, 6) is 1.38. The molecule has 2 aromatic carbocycles. The van der Waals surface area contributed by atoms with Gasteiger partial charge in [0.05, 0.1) is 38.8 Å². The van der Waals surface area contributed by atoms with Crippen LogP contribution in [-0.4, -0.2) is 52.0 Å². The Morgan fingerprint density at radius 1 is 1.03 bits per heavy atom. The number of carbonyl (C=O) groups is 1. The molecule has 0 saturated heterocycles. The minimum absolute atomic E-state index is 0.200. The van der Waals surface area contributed by atoms with Crippen LogP contribution >= 0.6 is 0 Å². The number of ether oxygens (including phenoxy) is 3. The van der Waals surface area contributed by atoms with Gasteiger partial charge in [0, 0.05) is 23.4 Å². The Bertz CT molecular complexity index is 1280. The standard InChI is InChI=1S/C22H21N5O5/c1-12-16-11-23-22(25-15-9-17(30-2)19(32-4)18(10-15)31-3)26-27(16)20(24-12)13-5-7-14(8-6-13)21(28)29/h5-11H,1-4H3,(H,25,26)(H,28,29). The van der Waals surface area contributed by atoms with E-state index < -0.39 is 5.97 Å². The van der Waals surface area contributed by atoms with Gasteiger partial charge in [0.15, 0.2) is 17.3 Å². The normalized spacial score (nSPS) is 10.8. The molecule has 0 aliphatic rings. The summed E-state index contributed by atoms with van der Waals surface area (Å²) >= 11 is 0. The first-order chi connectivity index (χ1) is 15.4. The molecule has 0 unspecified atom stereocenters. The third-order valence-electron chi connectivity index (χ3n) is 4.89. The number of aryl methyl sites for hydroxylation is 1. The van der Waals surface area contributed by atoms with Crippen molar-refractivity contribution in [2.45, 2.75) is 6.92 Å². The summed E-state index contributed by atoms with van der Waals surface area (Å²) in [4.78, 5) is 20.1. The van der Waals surface area contributed by atoms with Gasteiger partial charge in [-0.05, 0) is 19.1 Å². The summed E-state index contributed by atoms with van der Waals surface area (Å²) in [5, 5.41) is 16.9. The van der Waals surface area contributed by atoms with Crippen molar-refractivity contribution in [2.75, 3.05) is 26.6 Å². The molecule has 0 aliphatic carbocycles. The van der Waals surface area contributed by atoms with Gasteiger partial charge in [-0.1, -0.05) is 12.1 Å². The molecule has 2 heterocycles. The number of rotatable bonds is 7. The maximum atomic E-state index is 11.1. The van der Waals surface area contributed by atoms with Gasteiger partial charge in [-0.3, -0.25) is 0 Å². The van der Waals surface area contributed by atoms with E-state index in [1.165, 1.54) is 19.2 Å². The molecule has 0 radical (unpaired) electrons. The number of nitrogens with one attached hydrogen (secondary N) is 1. The number of hydrogen-bond donors (Lipinski definition) is 2. The highest BCUT2D eigenvalue weighted by Gasteiger charge is 2.16. The van der Waals surface area contributed by atoms with Crippen molar-refractivity contribution in [3.05, 3.63) is 53.9 Å². The van der Waals surface area contributed by atoms with Crippen molar-refractivity contribution in [1.82, 2.24) is 19.6 Å². The van der Waals surface area contributed by atoms with E-state index in [2.05, 4.69) is 20.4 Å². The van der Waals surface area contributed by atoms with Gasteiger partial charge in [0.25, 0.3) is 0 Å². The number of benzene rings is 2. The quantitative estimate of drug-likeness (QED) is 0.449. The summed E-state index contributed by atoms with van der Waals surface area (Å²) in [6, 6.07) is 9.96. The summed E-state index contributed by atoms with van der Waals surface area (Å²) < 4.78 is 17.8. The fraction of sp³-hybridized carbons (Fsp3) is 0.182. The third-order valence-corrected chi connectivity index (χ3v) is 4.89. The number of fused-ring (bicyclic) bond motifs is 1. The second-order valence-corrected chi connectivity index (χ2v) is 6.82. The van der Waals surface area contributed by atoms with Crippen molar-refractivity contribution < 1.29 is 24.1 Å². The zero-order valence-corrected chi connectivity index (χ0v) is 17.9. The Balaban J connectivity index is 1.74. The van der Waals surface area contributed by atoms with Crippen LogP contribution < -0.4 is 19.5 Å². The average Bonchev–Trinajstić information content (AvgIpc) is 3.14. The van der Waals surface area contributed by atoms with E-state index in [4.69, 9.17) is 19.3 Å². The molecule has 2 aromatic heterocycles. The smallest absolute Gasteiger partial charge is 0.335 e. The first-order valence-corrected chi connectivity index (χ1v) is 9.58. The summed E-state index contributed by atoms with van der Waals surface area (Å²) in [7, 11) is 4.62. The van der Waals surface area contributed by atoms with E-state index in [1.807, 2.05) is 6.92 Å². The van der Waals surface area contributed by atoms with Crippen LogP contribution in [0.15, 0.2) is 42.6 Å². The largest absolute Gasteiger partial charge is 0.493 e. The molecule has 10 nitrogen and oxygen atoms in total. The monoisotopic (exact) mass is 435 g/mol. The topological polar surface area (TPSA) is 120 Å². The average molecular weight is 435 g/mol. The van der Waals surface area contributed by atoms with E-state index in [-0.39, 0.29) is 5.56 Å². The molecule has 0 saturated carbocycles. The lowest BCUT2D eigenvalue weighted by Crippen LogP contribution is -2.04. The summed E-state index contributed by atoms with van der Waals surface area (Å²) in [6.07, 6.45) is 1.67. The summed E-state index contributed by atoms with van der Waals surface area (Å²) in [6.45, 7) is 1.86. The Hall–Kier alpha value is -4.34. The van der Waals surface area contributed by atoms with Crippen molar-refractivity contribution in [2.24, 2.45) is 0 Å². The van der Waals surface area contributed by atoms with Gasteiger partial charge in [-0.25, -0.2) is 19.3 Å². The molecule has 0 aliphatic heterocycles. The lowest BCUT2D eigenvalue weighted by Gasteiger charge is -2.14. The number of nitrogens with zero attached hydrogens (tertiary/aromatic N) is 4. The molecule has 10 heteroatoms. The van der Waals surface area contributed by atoms with Crippen LogP contribution in [0.2, 0.25) is 0 Å². The van der Waals surface area contributed by atoms with Crippen LogP contribution in [0, 0.1) is 6.92 Å². The number of hydrogen-bond acceptors (Lipinski definition) is 8. The number of carboxylic acids is 1. The molecule has 2 N–H and O–H groups in total. The number of carboxylic acid groups (broad SMARTS) is 1. The molecule has 4 rings (SSSR count). The molecule has 164 valence electrons. The number of anilines is 2. The first kappa shape index (κ1) is 20.9. The van der Waals surface area contributed by atoms with Crippen LogP contribution in [0.1, 0.15) is 16.1 Å². The Kier molecular flexibility index (Phi) is 5.50. The number of aromatic carboxylic acids is 1.